The molecule has 0 spiro atoms. The van der Waals surface area contributed by atoms with Crippen molar-refractivity contribution in [1.29, 1.82) is 5.26 Å². The van der Waals surface area contributed by atoms with E-state index in [1.807, 2.05) is 42.5 Å². The van der Waals surface area contributed by atoms with Gasteiger partial charge in [0.15, 0.2) is 4.34 Å². The van der Waals surface area contributed by atoms with Crippen molar-refractivity contribution in [2.45, 2.75) is 10.1 Å². The second-order valence-electron chi connectivity index (χ2n) is 4.26. The van der Waals surface area contributed by atoms with Crippen molar-refractivity contribution >= 4 is 39.0 Å². The Labute approximate surface area is 125 Å². The predicted octanol–water partition coefficient (Wildman–Crippen LogP) is 4.04. The molecule has 0 saturated carbocycles. The lowest BCUT2D eigenvalue weighted by Crippen LogP contribution is -1.86. The minimum atomic E-state index is 0.727. The summed E-state index contributed by atoms with van der Waals surface area (Å²) < 4.78 is 2.10. The van der Waals surface area contributed by atoms with Crippen molar-refractivity contribution in [2.24, 2.45) is 0 Å². The highest BCUT2D eigenvalue weighted by Crippen LogP contribution is 2.32. The van der Waals surface area contributed by atoms with E-state index < -0.39 is 0 Å². The van der Waals surface area contributed by atoms with Crippen LogP contribution in [0.3, 0.4) is 0 Å². The van der Waals surface area contributed by atoms with Gasteiger partial charge in [0.2, 0.25) is 0 Å². The van der Waals surface area contributed by atoms with E-state index in [-0.39, 0.29) is 0 Å². The molecular weight excluding hydrogens is 286 g/mol. The summed E-state index contributed by atoms with van der Waals surface area (Å²) in [7, 11) is 0. The van der Waals surface area contributed by atoms with Crippen molar-refractivity contribution in [3.63, 3.8) is 0 Å². The van der Waals surface area contributed by atoms with E-state index >= 15 is 0 Å². The number of fused-ring (bicyclic) bond motifs is 1. The number of hydrogen-bond donors (Lipinski definition) is 1. The van der Waals surface area contributed by atoms with Gasteiger partial charge in [-0.3, -0.25) is 0 Å². The van der Waals surface area contributed by atoms with Gasteiger partial charge >= 0.3 is 0 Å². The quantitative estimate of drug-likeness (QED) is 0.585. The minimum Gasteiger partial charge on any atom is -0.399 e. The van der Waals surface area contributed by atoms with E-state index in [0.29, 0.717) is 0 Å². The van der Waals surface area contributed by atoms with Crippen molar-refractivity contribution in [2.75, 3.05) is 5.73 Å². The Balaban J connectivity index is 1.82. The summed E-state index contributed by atoms with van der Waals surface area (Å²) in [5.41, 5.74) is 9.27. The van der Waals surface area contributed by atoms with E-state index in [1.165, 1.54) is 0 Å². The molecule has 2 N–H and O–H groups in total. The fourth-order valence-electron chi connectivity index (χ4n) is 1.88. The van der Waals surface area contributed by atoms with Crippen LogP contribution in [-0.2, 0) is 5.75 Å². The number of nitrogen functional groups attached to an aromatic ring is 1. The summed E-state index contributed by atoms with van der Waals surface area (Å²) >= 11 is 3.28. The maximum absolute atomic E-state index is 9.07. The van der Waals surface area contributed by atoms with Gasteiger partial charge in [0.05, 0.1) is 21.8 Å². The minimum absolute atomic E-state index is 0.727. The zero-order valence-electron chi connectivity index (χ0n) is 10.5. The molecule has 0 aliphatic heterocycles. The van der Waals surface area contributed by atoms with Gasteiger partial charge in [0.25, 0.3) is 0 Å². The van der Waals surface area contributed by atoms with E-state index in [1.54, 1.807) is 23.1 Å². The highest BCUT2D eigenvalue weighted by Gasteiger charge is 2.07. The standard InChI is InChI=1S/C15H11N3S2/c16-8-10-3-1-2-4-11(10)9-19-15-18-13-6-5-12(17)7-14(13)20-15/h1-7H,9,17H2. The molecule has 0 aliphatic rings. The maximum Gasteiger partial charge on any atom is 0.151 e. The Morgan fingerprint density at radius 2 is 2.10 bits per heavy atom. The summed E-state index contributed by atoms with van der Waals surface area (Å²) in [6.45, 7) is 0. The zero-order chi connectivity index (χ0) is 13.9. The first-order valence-electron chi connectivity index (χ1n) is 6.03. The molecule has 1 heterocycles. The Morgan fingerprint density at radius 3 is 2.95 bits per heavy atom. The number of thioether (sulfide) groups is 1. The number of benzene rings is 2. The normalized spacial score (nSPS) is 10.6. The van der Waals surface area contributed by atoms with Gasteiger partial charge in [-0.25, -0.2) is 4.98 Å². The van der Waals surface area contributed by atoms with Gasteiger partial charge in [0, 0.05) is 11.4 Å². The largest absolute Gasteiger partial charge is 0.399 e. The van der Waals surface area contributed by atoms with Gasteiger partial charge in [0.1, 0.15) is 0 Å². The maximum atomic E-state index is 9.07. The monoisotopic (exact) mass is 297 g/mol. The SMILES string of the molecule is N#Cc1ccccc1CSc1nc2ccc(N)cc2s1. The summed E-state index contributed by atoms with van der Waals surface area (Å²) in [5.74, 6) is 0.749. The summed E-state index contributed by atoms with van der Waals surface area (Å²) in [4.78, 5) is 4.57. The second-order valence-corrected chi connectivity index (χ2v) is 6.52. The highest BCUT2D eigenvalue weighted by molar-refractivity contribution is 8.00. The third-order valence-electron chi connectivity index (χ3n) is 2.88. The molecule has 5 heteroatoms. The highest BCUT2D eigenvalue weighted by atomic mass is 32.2. The van der Waals surface area contributed by atoms with Crippen LogP contribution in [0.4, 0.5) is 5.69 Å². The number of aromatic nitrogens is 1. The third kappa shape index (κ3) is 2.62. The first-order chi connectivity index (χ1) is 9.76. The van der Waals surface area contributed by atoms with Gasteiger partial charge in [-0.1, -0.05) is 30.0 Å². The van der Waals surface area contributed by atoms with Gasteiger partial charge < -0.3 is 5.73 Å². The number of nitrogens with two attached hydrogens (primary N) is 1. The Hall–Kier alpha value is -2.03. The predicted molar refractivity (Wildman–Crippen MR) is 84.8 cm³/mol. The van der Waals surface area contributed by atoms with E-state index in [0.717, 1.165) is 37.1 Å². The van der Waals surface area contributed by atoms with Gasteiger partial charge in [-0.2, -0.15) is 5.26 Å². The van der Waals surface area contributed by atoms with Crippen molar-refractivity contribution in [3.05, 3.63) is 53.6 Å². The topological polar surface area (TPSA) is 62.7 Å². The molecule has 3 rings (SSSR count). The number of rotatable bonds is 3. The Bertz CT molecular complexity index is 802. The summed E-state index contributed by atoms with van der Waals surface area (Å²) in [5, 5.41) is 9.07. The van der Waals surface area contributed by atoms with Crippen LogP contribution in [0.15, 0.2) is 46.8 Å². The molecule has 0 bridgehead atoms. The molecule has 0 unspecified atom stereocenters. The zero-order valence-corrected chi connectivity index (χ0v) is 12.2. The molecule has 0 fully saturated rings. The van der Waals surface area contributed by atoms with E-state index in [2.05, 4.69) is 11.1 Å². The molecule has 0 saturated heterocycles. The Kier molecular flexibility index (Phi) is 3.59. The van der Waals surface area contributed by atoms with Crippen LogP contribution >= 0.6 is 23.1 Å². The average molecular weight is 297 g/mol. The summed E-state index contributed by atoms with van der Waals surface area (Å²) in [6, 6.07) is 15.6. The van der Waals surface area contributed by atoms with E-state index in [4.69, 9.17) is 11.0 Å². The number of thiazole rings is 1. The molecular formula is C15H11N3S2. The summed E-state index contributed by atoms with van der Waals surface area (Å²) in [6.07, 6.45) is 0. The number of nitrogens with zero attached hydrogens (tertiary/aromatic N) is 2. The van der Waals surface area contributed by atoms with Crippen molar-refractivity contribution in [3.8, 4) is 6.07 Å². The molecule has 98 valence electrons. The first kappa shape index (κ1) is 13.0. The Morgan fingerprint density at radius 1 is 1.25 bits per heavy atom. The lowest BCUT2D eigenvalue weighted by atomic mass is 10.1. The average Bonchev–Trinajstić information content (AvgIpc) is 2.87. The first-order valence-corrected chi connectivity index (χ1v) is 7.83. The smallest absolute Gasteiger partial charge is 0.151 e. The molecule has 20 heavy (non-hydrogen) atoms. The van der Waals surface area contributed by atoms with Crippen molar-refractivity contribution in [1.82, 2.24) is 4.98 Å². The fraction of sp³-hybridized carbons (Fsp3) is 0.0667. The number of nitriles is 1. The van der Waals surface area contributed by atoms with Crippen LogP contribution in [0.5, 0.6) is 0 Å². The van der Waals surface area contributed by atoms with Crippen LogP contribution in [0.2, 0.25) is 0 Å². The van der Waals surface area contributed by atoms with Crippen LogP contribution < -0.4 is 5.73 Å². The molecule has 0 radical (unpaired) electrons. The fourth-order valence-corrected chi connectivity index (χ4v) is 4.00. The van der Waals surface area contributed by atoms with Gasteiger partial charge in [-0.15, -0.1) is 11.3 Å². The lowest BCUT2D eigenvalue weighted by molar-refractivity contribution is 1.28. The second kappa shape index (κ2) is 5.53. The molecule has 0 atom stereocenters. The lowest BCUT2D eigenvalue weighted by Gasteiger charge is -2.00. The van der Waals surface area contributed by atoms with Crippen LogP contribution in [0.25, 0.3) is 10.2 Å². The molecule has 2 aromatic carbocycles. The van der Waals surface area contributed by atoms with Crippen LogP contribution in [0.1, 0.15) is 11.1 Å². The van der Waals surface area contributed by atoms with E-state index in [9.17, 15) is 0 Å². The molecule has 1 aromatic heterocycles. The number of hydrogen-bond acceptors (Lipinski definition) is 5. The van der Waals surface area contributed by atoms with Crippen molar-refractivity contribution < 1.29 is 0 Å². The molecule has 0 aliphatic carbocycles. The molecule has 3 aromatic rings. The van der Waals surface area contributed by atoms with Crippen LogP contribution in [-0.4, -0.2) is 4.98 Å². The third-order valence-corrected chi connectivity index (χ3v) is 5.09. The molecule has 0 amide bonds. The molecule has 3 nitrogen and oxygen atoms in total. The van der Waals surface area contributed by atoms with Gasteiger partial charge in [-0.05, 0) is 29.8 Å². The number of anilines is 1. The van der Waals surface area contributed by atoms with Crippen LogP contribution in [0, 0.1) is 11.3 Å².